The van der Waals surface area contributed by atoms with Gasteiger partial charge in [0.15, 0.2) is 0 Å². The van der Waals surface area contributed by atoms with E-state index in [0.29, 0.717) is 5.25 Å². The molecule has 0 spiro atoms. The van der Waals surface area contributed by atoms with Crippen molar-refractivity contribution in [1.82, 2.24) is 9.97 Å². The maximum Gasteiger partial charge on any atom is 0.251 e. The molecule has 1 fully saturated rings. The third-order valence-corrected chi connectivity index (χ3v) is 4.45. The highest BCUT2D eigenvalue weighted by Gasteiger charge is 2.20. The van der Waals surface area contributed by atoms with Gasteiger partial charge in [-0.15, -0.1) is 0 Å². The third kappa shape index (κ3) is 2.34. The molecule has 0 saturated carbocycles. The Morgan fingerprint density at radius 2 is 2.11 bits per heavy atom. The highest BCUT2D eigenvalue weighted by Crippen LogP contribution is 2.38. The van der Waals surface area contributed by atoms with E-state index >= 15 is 0 Å². The molecule has 3 nitrogen and oxygen atoms in total. The van der Waals surface area contributed by atoms with Crippen molar-refractivity contribution >= 4 is 11.8 Å². The molecule has 4 heteroatoms. The minimum absolute atomic E-state index is 0.0636. The molecule has 18 heavy (non-hydrogen) atoms. The number of thioether (sulfide) groups is 1. The van der Waals surface area contributed by atoms with Gasteiger partial charge in [0, 0.05) is 11.6 Å². The number of aromatic amines is 1. The minimum Gasteiger partial charge on any atom is -0.310 e. The fourth-order valence-corrected chi connectivity index (χ4v) is 3.40. The van der Waals surface area contributed by atoms with E-state index in [1.807, 2.05) is 42.1 Å². The topological polar surface area (TPSA) is 45.8 Å². The molecule has 0 amide bonds. The number of aromatic nitrogens is 2. The third-order valence-electron chi connectivity index (χ3n) is 3.06. The van der Waals surface area contributed by atoms with Crippen LogP contribution in [-0.2, 0) is 0 Å². The largest absolute Gasteiger partial charge is 0.310 e. The van der Waals surface area contributed by atoms with Crippen LogP contribution in [0.15, 0.2) is 41.2 Å². The SMILES string of the molecule is O=c1cc(-c2ccccc2)nc(C2CCCS2)[nH]1. The van der Waals surface area contributed by atoms with Crippen LogP contribution < -0.4 is 5.56 Å². The van der Waals surface area contributed by atoms with Gasteiger partial charge in [0.05, 0.1) is 10.9 Å². The molecular formula is C14H14N2OS. The average molecular weight is 258 g/mol. The molecule has 1 N–H and O–H groups in total. The molecule has 1 saturated heterocycles. The van der Waals surface area contributed by atoms with E-state index in [1.54, 1.807) is 6.07 Å². The first-order valence-corrected chi connectivity index (χ1v) is 7.16. The predicted octanol–water partition coefficient (Wildman–Crippen LogP) is 3.01. The lowest BCUT2D eigenvalue weighted by molar-refractivity contribution is 0.773. The number of rotatable bonds is 2. The molecule has 1 aliphatic rings. The summed E-state index contributed by atoms with van der Waals surface area (Å²) >= 11 is 1.88. The summed E-state index contributed by atoms with van der Waals surface area (Å²) < 4.78 is 0. The Labute approximate surface area is 110 Å². The molecule has 0 bridgehead atoms. The Morgan fingerprint density at radius 1 is 1.28 bits per heavy atom. The van der Waals surface area contributed by atoms with Gasteiger partial charge in [0.25, 0.3) is 5.56 Å². The van der Waals surface area contributed by atoms with Gasteiger partial charge in [0.1, 0.15) is 5.82 Å². The van der Waals surface area contributed by atoms with Crippen molar-refractivity contribution in [2.75, 3.05) is 5.75 Å². The van der Waals surface area contributed by atoms with Gasteiger partial charge in [-0.25, -0.2) is 4.98 Å². The summed E-state index contributed by atoms with van der Waals surface area (Å²) in [5, 5.41) is 0.348. The van der Waals surface area contributed by atoms with Crippen LogP contribution in [0.4, 0.5) is 0 Å². The second kappa shape index (κ2) is 4.98. The first kappa shape index (κ1) is 11.5. The van der Waals surface area contributed by atoms with Crippen molar-refractivity contribution in [3.8, 4) is 11.3 Å². The fraction of sp³-hybridized carbons (Fsp3) is 0.286. The highest BCUT2D eigenvalue weighted by molar-refractivity contribution is 7.99. The van der Waals surface area contributed by atoms with Crippen molar-refractivity contribution in [3.05, 3.63) is 52.6 Å². The molecule has 1 aromatic heterocycles. The molecule has 0 radical (unpaired) electrons. The summed E-state index contributed by atoms with van der Waals surface area (Å²) in [5.41, 5.74) is 1.70. The van der Waals surface area contributed by atoms with E-state index in [1.165, 1.54) is 6.42 Å². The van der Waals surface area contributed by atoms with Crippen LogP contribution in [0.3, 0.4) is 0 Å². The Bertz CT molecular complexity index is 588. The molecule has 92 valence electrons. The predicted molar refractivity (Wildman–Crippen MR) is 74.7 cm³/mol. The van der Waals surface area contributed by atoms with Crippen LogP contribution in [0.2, 0.25) is 0 Å². The molecular weight excluding hydrogens is 244 g/mol. The van der Waals surface area contributed by atoms with Gasteiger partial charge in [-0.1, -0.05) is 30.3 Å². The summed E-state index contributed by atoms with van der Waals surface area (Å²) in [6.07, 6.45) is 2.31. The highest BCUT2D eigenvalue weighted by atomic mass is 32.2. The molecule has 0 aliphatic carbocycles. The summed E-state index contributed by atoms with van der Waals surface area (Å²) in [6.45, 7) is 0. The van der Waals surface area contributed by atoms with Gasteiger partial charge in [0.2, 0.25) is 0 Å². The van der Waals surface area contributed by atoms with Gasteiger partial charge in [-0.05, 0) is 18.6 Å². The number of nitrogens with one attached hydrogen (secondary N) is 1. The Balaban J connectivity index is 2.03. The van der Waals surface area contributed by atoms with E-state index in [4.69, 9.17) is 0 Å². The second-order valence-corrected chi connectivity index (χ2v) is 5.69. The maximum atomic E-state index is 11.7. The zero-order valence-corrected chi connectivity index (χ0v) is 10.7. The fourth-order valence-electron chi connectivity index (χ4n) is 2.18. The zero-order valence-electron chi connectivity index (χ0n) is 9.93. The first-order valence-electron chi connectivity index (χ1n) is 6.11. The van der Waals surface area contributed by atoms with Gasteiger partial charge in [-0.2, -0.15) is 11.8 Å². The van der Waals surface area contributed by atoms with Crippen molar-refractivity contribution in [3.63, 3.8) is 0 Å². The number of H-pyrrole nitrogens is 1. The normalized spacial score (nSPS) is 19.0. The van der Waals surface area contributed by atoms with Crippen molar-refractivity contribution < 1.29 is 0 Å². The number of benzene rings is 1. The lowest BCUT2D eigenvalue weighted by atomic mass is 10.1. The van der Waals surface area contributed by atoms with E-state index in [9.17, 15) is 4.79 Å². The van der Waals surface area contributed by atoms with Gasteiger partial charge >= 0.3 is 0 Å². The van der Waals surface area contributed by atoms with Crippen LogP contribution in [0.1, 0.15) is 23.9 Å². The van der Waals surface area contributed by atoms with E-state index in [-0.39, 0.29) is 5.56 Å². The van der Waals surface area contributed by atoms with Gasteiger partial charge < -0.3 is 4.98 Å². The summed E-state index contributed by atoms with van der Waals surface area (Å²) in [4.78, 5) is 19.2. The second-order valence-electron chi connectivity index (χ2n) is 4.38. The lowest BCUT2D eigenvalue weighted by Gasteiger charge is -2.09. The molecule has 3 rings (SSSR count). The van der Waals surface area contributed by atoms with E-state index in [0.717, 1.165) is 29.3 Å². The average Bonchev–Trinajstić information content (AvgIpc) is 2.93. The van der Waals surface area contributed by atoms with Crippen LogP contribution in [0, 0.1) is 0 Å². The minimum atomic E-state index is -0.0636. The molecule has 2 heterocycles. The number of hydrogen-bond acceptors (Lipinski definition) is 3. The Morgan fingerprint density at radius 3 is 2.83 bits per heavy atom. The smallest absolute Gasteiger partial charge is 0.251 e. The number of hydrogen-bond donors (Lipinski definition) is 1. The first-order chi connectivity index (χ1) is 8.83. The standard InChI is InChI=1S/C14H14N2OS/c17-13-9-11(10-5-2-1-3-6-10)15-14(16-13)12-7-4-8-18-12/h1-3,5-6,9,12H,4,7-8H2,(H,15,16,17). The van der Waals surface area contributed by atoms with E-state index in [2.05, 4.69) is 9.97 Å². The molecule has 1 aliphatic heterocycles. The van der Waals surface area contributed by atoms with Gasteiger partial charge in [-0.3, -0.25) is 4.79 Å². The van der Waals surface area contributed by atoms with Crippen LogP contribution in [0.25, 0.3) is 11.3 Å². The Kier molecular flexibility index (Phi) is 3.19. The number of nitrogens with zero attached hydrogens (tertiary/aromatic N) is 1. The van der Waals surface area contributed by atoms with Crippen molar-refractivity contribution in [2.45, 2.75) is 18.1 Å². The Hall–Kier alpha value is -1.55. The summed E-state index contributed by atoms with van der Waals surface area (Å²) in [7, 11) is 0. The van der Waals surface area contributed by atoms with Crippen LogP contribution in [-0.4, -0.2) is 15.7 Å². The summed E-state index contributed by atoms with van der Waals surface area (Å²) in [6, 6.07) is 11.4. The van der Waals surface area contributed by atoms with Crippen molar-refractivity contribution in [1.29, 1.82) is 0 Å². The van der Waals surface area contributed by atoms with Crippen LogP contribution in [0.5, 0.6) is 0 Å². The monoisotopic (exact) mass is 258 g/mol. The van der Waals surface area contributed by atoms with Crippen LogP contribution >= 0.6 is 11.8 Å². The molecule has 1 atom stereocenters. The van der Waals surface area contributed by atoms with Crippen molar-refractivity contribution in [2.24, 2.45) is 0 Å². The molecule has 2 aromatic rings. The lowest BCUT2D eigenvalue weighted by Crippen LogP contribution is -2.12. The van der Waals surface area contributed by atoms with E-state index < -0.39 is 0 Å². The zero-order chi connectivity index (χ0) is 12.4. The summed E-state index contributed by atoms with van der Waals surface area (Å²) in [5.74, 6) is 1.98. The quantitative estimate of drug-likeness (QED) is 0.900. The molecule has 1 aromatic carbocycles. The maximum absolute atomic E-state index is 11.7. The molecule has 1 unspecified atom stereocenters.